The van der Waals surface area contributed by atoms with Crippen molar-refractivity contribution < 1.29 is 18.7 Å². The average molecular weight is 447 g/mol. The van der Waals surface area contributed by atoms with Gasteiger partial charge in [0.05, 0.1) is 7.11 Å². The van der Waals surface area contributed by atoms with Crippen LogP contribution in [-0.2, 0) is 10.2 Å². The van der Waals surface area contributed by atoms with E-state index in [9.17, 15) is 14.0 Å². The fourth-order valence-electron chi connectivity index (χ4n) is 5.82. The lowest BCUT2D eigenvalue weighted by Gasteiger charge is -2.43. The first-order valence-electron chi connectivity index (χ1n) is 11.7. The molecule has 7 nitrogen and oxygen atoms in total. The fraction of sp³-hybridized carbons (Fsp3) is 0.667. The molecule has 1 saturated carbocycles. The number of methoxy groups -OCH3 is 1. The maximum absolute atomic E-state index is 14.2. The van der Waals surface area contributed by atoms with Gasteiger partial charge in [-0.15, -0.1) is 0 Å². The first-order valence-corrected chi connectivity index (χ1v) is 11.7. The number of nitrogens with zero attached hydrogens (tertiary/aromatic N) is 3. The molecule has 2 heterocycles. The minimum absolute atomic E-state index is 0.0577. The van der Waals surface area contributed by atoms with E-state index in [-0.39, 0.29) is 29.4 Å². The van der Waals surface area contributed by atoms with E-state index < -0.39 is 0 Å². The van der Waals surface area contributed by atoms with E-state index in [0.717, 1.165) is 69.3 Å². The molecular formula is C24H35FN4O3. The van der Waals surface area contributed by atoms with Crippen molar-refractivity contribution in [3.8, 4) is 0 Å². The molecule has 2 atom stereocenters. The summed E-state index contributed by atoms with van der Waals surface area (Å²) in [6.45, 7) is 2.43. The molecule has 4 rings (SSSR count). The fourth-order valence-corrected chi connectivity index (χ4v) is 5.82. The zero-order chi connectivity index (χ0) is 22.9. The molecule has 1 saturated heterocycles. The van der Waals surface area contributed by atoms with Crippen molar-refractivity contribution in [2.45, 2.75) is 62.4 Å². The number of urea groups is 1. The standard InChI is InChI=1S/C24H35FN4O3/c1-27(2)23(31)29-16-24(20-14-17(25)8-9-21(20)29)10-12-28(13-11-24)19-7-5-4-6-18(15-19)26-22(30)32-3/h8-9,14,18-19H,4-7,10-13,15-16H2,1-3H3,(H,26,30). The molecule has 1 N–H and O–H groups in total. The zero-order valence-electron chi connectivity index (χ0n) is 19.4. The number of halogens is 1. The van der Waals surface area contributed by atoms with E-state index in [0.29, 0.717) is 12.6 Å². The van der Waals surface area contributed by atoms with E-state index in [1.165, 1.54) is 13.2 Å². The molecule has 2 unspecified atom stereocenters. The number of carbonyl (C=O) groups excluding carboxylic acids is 2. The van der Waals surface area contributed by atoms with Gasteiger partial charge >= 0.3 is 12.1 Å². The summed E-state index contributed by atoms with van der Waals surface area (Å²) in [6, 6.07) is 5.34. The second kappa shape index (κ2) is 9.25. The first kappa shape index (κ1) is 22.8. The number of nitrogens with one attached hydrogen (secondary N) is 1. The number of likely N-dealkylation sites (tertiary alicyclic amines) is 1. The van der Waals surface area contributed by atoms with Gasteiger partial charge in [-0.3, -0.25) is 4.90 Å². The Morgan fingerprint density at radius 2 is 1.91 bits per heavy atom. The summed E-state index contributed by atoms with van der Waals surface area (Å²) in [5.41, 5.74) is 1.61. The lowest BCUT2D eigenvalue weighted by atomic mass is 9.74. The van der Waals surface area contributed by atoms with Crippen LogP contribution in [0.1, 0.15) is 50.5 Å². The predicted octanol–water partition coefficient (Wildman–Crippen LogP) is 3.72. The maximum Gasteiger partial charge on any atom is 0.407 e. The minimum atomic E-state index is -0.358. The number of alkyl carbamates (subject to hydrolysis) is 1. The monoisotopic (exact) mass is 446 g/mol. The Morgan fingerprint density at radius 3 is 2.59 bits per heavy atom. The highest BCUT2D eigenvalue weighted by Crippen LogP contribution is 2.48. The molecular weight excluding hydrogens is 411 g/mol. The lowest BCUT2D eigenvalue weighted by Crippen LogP contribution is -2.51. The smallest absolute Gasteiger partial charge is 0.407 e. The highest BCUT2D eigenvalue weighted by Gasteiger charge is 2.47. The molecule has 8 heteroatoms. The van der Waals surface area contributed by atoms with Gasteiger partial charge in [-0.2, -0.15) is 0 Å². The van der Waals surface area contributed by atoms with Gasteiger partial charge in [-0.1, -0.05) is 12.8 Å². The molecule has 2 aliphatic heterocycles. The van der Waals surface area contributed by atoms with Gasteiger partial charge in [0.25, 0.3) is 0 Å². The van der Waals surface area contributed by atoms with Crippen molar-refractivity contribution in [2.24, 2.45) is 0 Å². The highest BCUT2D eigenvalue weighted by molar-refractivity contribution is 5.95. The summed E-state index contributed by atoms with van der Waals surface area (Å²) in [5.74, 6) is -0.245. The molecule has 3 aliphatic rings. The Labute approximate surface area is 189 Å². The largest absolute Gasteiger partial charge is 0.453 e. The van der Waals surface area contributed by atoms with Crippen LogP contribution < -0.4 is 10.2 Å². The molecule has 0 bridgehead atoms. The summed E-state index contributed by atoms with van der Waals surface area (Å²) in [6.07, 6.45) is 6.74. The van der Waals surface area contributed by atoms with E-state index in [1.54, 1.807) is 31.1 Å². The number of carbonyl (C=O) groups is 2. The first-order chi connectivity index (χ1) is 15.3. The number of amides is 3. The molecule has 0 radical (unpaired) electrons. The Bertz CT molecular complexity index is 854. The normalized spacial score (nSPS) is 25.2. The van der Waals surface area contributed by atoms with Crippen molar-refractivity contribution in [1.82, 2.24) is 15.1 Å². The predicted molar refractivity (Wildman–Crippen MR) is 122 cm³/mol. The highest BCUT2D eigenvalue weighted by atomic mass is 19.1. The Hall–Kier alpha value is -2.35. The number of fused-ring (bicyclic) bond motifs is 2. The van der Waals surface area contributed by atoms with Crippen molar-refractivity contribution in [1.29, 1.82) is 0 Å². The number of rotatable bonds is 2. The van der Waals surface area contributed by atoms with Crippen LogP contribution in [0, 0.1) is 5.82 Å². The van der Waals surface area contributed by atoms with Crippen molar-refractivity contribution in [3.63, 3.8) is 0 Å². The molecule has 1 aliphatic carbocycles. The summed E-state index contributed by atoms with van der Waals surface area (Å²) >= 11 is 0. The number of benzene rings is 1. The van der Waals surface area contributed by atoms with Crippen molar-refractivity contribution in [3.05, 3.63) is 29.6 Å². The Balaban J connectivity index is 1.48. The summed E-state index contributed by atoms with van der Waals surface area (Å²) in [4.78, 5) is 30.5. The van der Waals surface area contributed by atoms with E-state index in [2.05, 4.69) is 10.2 Å². The maximum atomic E-state index is 14.2. The van der Waals surface area contributed by atoms with Crippen LogP contribution in [0.3, 0.4) is 0 Å². The second-order valence-corrected chi connectivity index (χ2v) is 9.75. The lowest BCUT2D eigenvalue weighted by molar-refractivity contribution is 0.104. The van der Waals surface area contributed by atoms with Crippen LogP contribution in [0.5, 0.6) is 0 Å². The number of ether oxygens (including phenoxy) is 1. The summed E-state index contributed by atoms with van der Waals surface area (Å²) < 4.78 is 19.0. The van der Waals surface area contributed by atoms with Crippen LogP contribution in [-0.4, -0.2) is 74.8 Å². The molecule has 176 valence electrons. The molecule has 1 spiro atoms. The summed E-state index contributed by atoms with van der Waals surface area (Å²) in [7, 11) is 4.91. The molecule has 3 amide bonds. The molecule has 0 aromatic heterocycles. The quantitative estimate of drug-likeness (QED) is 0.704. The summed E-state index contributed by atoms with van der Waals surface area (Å²) in [5, 5.41) is 3.00. The third kappa shape index (κ3) is 4.42. The van der Waals surface area contributed by atoms with Crippen LogP contribution in [0.2, 0.25) is 0 Å². The van der Waals surface area contributed by atoms with E-state index in [1.807, 2.05) is 4.90 Å². The number of hydrogen-bond donors (Lipinski definition) is 1. The van der Waals surface area contributed by atoms with Gasteiger partial charge in [0.1, 0.15) is 5.82 Å². The third-order valence-corrected chi connectivity index (χ3v) is 7.57. The Kier molecular flexibility index (Phi) is 6.60. The van der Waals surface area contributed by atoms with Crippen LogP contribution in [0.15, 0.2) is 18.2 Å². The zero-order valence-corrected chi connectivity index (χ0v) is 19.4. The van der Waals surface area contributed by atoms with Crippen LogP contribution >= 0.6 is 0 Å². The van der Waals surface area contributed by atoms with Gasteiger partial charge in [0, 0.05) is 43.8 Å². The van der Waals surface area contributed by atoms with Gasteiger partial charge in [0.15, 0.2) is 0 Å². The molecule has 2 fully saturated rings. The van der Waals surface area contributed by atoms with Gasteiger partial charge in [0.2, 0.25) is 0 Å². The molecule has 1 aromatic carbocycles. The van der Waals surface area contributed by atoms with E-state index in [4.69, 9.17) is 4.74 Å². The third-order valence-electron chi connectivity index (χ3n) is 7.57. The average Bonchev–Trinajstić information content (AvgIpc) is 2.92. The van der Waals surface area contributed by atoms with Crippen LogP contribution in [0.25, 0.3) is 0 Å². The number of hydrogen-bond acceptors (Lipinski definition) is 4. The Morgan fingerprint density at radius 1 is 1.19 bits per heavy atom. The van der Waals surface area contributed by atoms with Gasteiger partial charge < -0.3 is 19.9 Å². The number of piperidine rings is 1. The minimum Gasteiger partial charge on any atom is -0.453 e. The van der Waals surface area contributed by atoms with Crippen molar-refractivity contribution >= 4 is 17.8 Å². The molecule has 32 heavy (non-hydrogen) atoms. The van der Waals surface area contributed by atoms with Gasteiger partial charge in [-0.25, -0.2) is 14.0 Å². The second-order valence-electron chi connectivity index (χ2n) is 9.75. The molecule has 1 aromatic rings. The van der Waals surface area contributed by atoms with E-state index >= 15 is 0 Å². The topological polar surface area (TPSA) is 65.1 Å². The van der Waals surface area contributed by atoms with Gasteiger partial charge in [-0.05, 0) is 69.0 Å². The van der Waals surface area contributed by atoms with Crippen molar-refractivity contribution in [2.75, 3.05) is 45.7 Å². The van der Waals surface area contributed by atoms with Crippen LogP contribution in [0.4, 0.5) is 19.7 Å². The SMILES string of the molecule is COC(=O)NC1CCCCC(N2CCC3(CC2)CN(C(=O)N(C)C)c2ccc(F)cc23)C1. The number of anilines is 1.